The summed E-state index contributed by atoms with van der Waals surface area (Å²) < 4.78 is 11.6. The van der Waals surface area contributed by atoms with Gasteiger partial charge in [0.25, 0.3) is 0 Å². The van der Waals surface area contributed by atoms with Crippen LogP contribution in [0.3, 0.4) is 0 Å². The van der Waals surface area contributed by atoms with Gasteiger partial charge in [0, 0.05) is 29.3 Å². The van der Waals surface area contributed by atoms with Crippen LogP contribution in [-0.2, 0) is 17.8 Å². The number of amides is 1. The molecule has 0 aliphatic carbocycles. The van der Waals surface area contributed by atoms with E-state index < -0.39 is 6.04 Å². The van der Waals surface area contributed by atoms with E-state index in [1.165, 1.54) is 0 Å². The lowest BCUT2D eigenvalue weighted by Crippen LogP contribution is -2.34. The standard InChI is InChI=1S/C33H30N4O3/c1-39-31-19-25(13-16-30(31)40-22-24-7-3-2-4-8-24)32(37-27-14-11-23(20-34)12-15-27)33(38)35-18-17-26-21-36-29-10-6-5-9-28(26)29/h2-16,19,21,32,36-37H,17-18,22H2,1H3,(H,35,38). The van der Waals surface area contributed by atoms with Crippen molar-refractivity contribution in [1.29, 1.82) is 5.26 Å². The summed E-state index contributed by atoms with van der Waals surface area (Å²) in [5.74, 6) is 0.947. The van der Waals surface area contributed by atoms with E-state index in [0.29, 0.717) is 36.6 Å². The van der Waals surface area contributed by atoms with Crippen molar-refractivity contribution in [3.05, 3.63) is 126 Å². The van der Waals surface area contributed by atoms with Crippen molar-refractivity contribution in [3.63, 3.8) is 0 Å². The fourth-order valence-electron chi connectivity index (χ4n) is 4.59. The second kappa shape index (κ2) is 12.5. The highest BCUT2D eigenvalue weighted by molar-refractivity contribution is 5.87. The first-order valence-electron chi connectivity index (χ1n) is 13.1. The molecule has 0 radical (unpaired) electrons. The average Bonchev–Trinajstić information content (AvgIpc) is 3.42. The Bertz CT molecular complexity index is 1620. The molecule has 0 saturated heterocycles. The first-order valence-corrected chi connectivity index (χ1v) is 13.1. The molecule has 7 heteroatoms. The Kier molecular flexibility index (Phi) is 8.28. The molecule has 5 rings (SSSR count). The number of rotatable bonds is 11. The molecule has 1 unspecified atom stereocenters. The zero-order chi connectivity index (χ0) is 27.7. The summed E-state index contributed by atoms with van der Waals surface area (Å²) in [6, 6.07) is 32.0. The van der Waals surface area contributed by atoms with E-state index in [2.05, 4.69) is 27.8 Å². The van der Waals surface area contributed by atoms with Crippen LogP contribution in [0.4, 0.5) is 5.69 Å². The predicted molar refractivity (Wildman–Crippen MR) is 156 cm³/mol. The number of methoxy groups -OCH3 is 1. The van der Waals surface area contributed by atoms with Crippen LogP contribution in [0.5, 0.6) is 11.5 Å². The van der Waals surface area contributed by atoms with E-state index in [1.807, 2.05) is 72.9 Å². The van der Waals surface area contributed by atoms with E-state index in [9.17, 15) is 4.79 Å². The summed E-state index contributed by atoms with van der Waals surface area (Å²) in [7, 11) is 1.58. The van der Waals surface area contributed by atoms with Crippen molar-refractivity contribution < 1.29 is 14.3 Å². The fraction of sp³-hybridized carbons (Fsp3) is 0.152. The molecule has 200 valence electrons. The van der Waals surface area contributed by atoms with Gasteiger partial charge in [0.1, 0.15) is 12.6 Å². The molecule has 1 aromatic heterocycles. The highest BCUT2D eigenvalue weighted by Gasteiger charge is 2.22. The zero-order valence-corrected chi connectivity index (χ0v) is 22.2. The van der Waals surface area contributed by atoms with Gasteiger partial charge in [-0.2, -0.15) is 5.26 Å². The SMILES string of the molecule is COc1cc(C(Nc2ccc(C#N)cc2)C(=O)NCCc2c[nH]c3ccccc23)ccc1OCc1ccccc1. The van der Waals surface area contributed by atoms with E-state index >= 15 is 0 Å². The lowest BCUT2D eigenvalue weighted by Gasteiger charge is -2.21. The van der Waals surface area contributed by atoms with Crippen molar-refractivity contribution in [2.75, 3.05) is 19.0 Å². The van der Waals surface area contributed by atoms with E-state index in [4.69, 9.17) is 14.7 Å². The Morgan fingerprint density at radius 3 is 2.50 bits per heavy atom. The van der Waals surface area contributed by atoms with Crippen molar-refractivity contribution in [2.24, 2.45) is 0 Å². The number of carbonyl (C=O) groups is 1. The molecule has 1 atom stereocenters. The van der Waals surface area contributed by atoms with Crippen LogP contribution < -0.4 is 20.1 Å². The molecule has 5 aromatic rings. The molecule has 1 amide bonds. The minimum atomic E-state index is -0.701. The maximum atomic E-state index is 13.6. The van der Waals surface area contributed by atoms with E-state index in [1.54, 1.807) is 31.4 Å². The number of anilines is 1. The molecule has 0 fully saturated rings. The number of aromatic nitrogens is 1. The van der Waals surface area contributed by atoms with Gasteiger partial charge in [0.2, 0.25) is 5.91 Å². The van der Waals surface area contributed by atoms with Gasteiger partial charge in [-0.15, -0.1) is 0 Å². The minimum absolute atomic E-state index is 0.177. The third-order valence-electron chi connectivity index (χ3n) is 6.71. The third kappa shape index (κ3) is 6.25. The Morgan fingerprint density at radius 1 is 0.950 bits per heavy atom. The summed E-state index contributed by atoms with van der Waals surface area (Å²) in [4.78, 5) is 16.8. The number of benzene rings is 4. The number of hydrogen-bond donors (Lipinski definition) is 3. The van der Waals surface area contributed by atoms with Gasteiger partial charge in [-0.1, -0.05) is 54.6 Å². The van der Waals surface area contributed by atoms with E-state index in [-0.39, 0.29) is 5.91 Å². The number of fused-ring (bicyclic) bond motifs is 1. The second-order valence-corrected chi connectivity index (χ2v) is 9.35. The van der Waals surface area contributed by atoms with Gasteiger partial charge in [-0.3, -0.25) is 4.79 Å². The summed E-state index contributed by atoms with van der Waals surface area (Å²) in [5.41, 5.74) is 5.26. The minimum Gasteiger partial charge on any atom is -0.493 e. The maximum Gasteiger partial charge on any atom is 0.247 e. The lowest BCUT2D eigenvalue weighted by molar-refractivity contribution is -0.121. The van der Waals surface area contributed by atoms with Crippen LogP contribution in [0.25, 0.3) is 10.9 Å². The molecule has 1 heterocycles. The van der Waals surface area contributed by atoms with Crippen molar-refractivity contribution >= 4 is 22.5 Å². The van der Waals surface area contributed by atoms with Gasteiger partial charge in [0.05, 0.1) is 18.7 Å². The largest absolute Gasteiger partial charge is 0.493 e. The molecule has 0 spiro atoms. The fourth-order valence-corrected chi connectivity index (χ4v) is 4.59. The summed E-state index contributed by atoms with van der Waals surface area (Å²) in [6.07, 6.45) is 2.68. The molecule has 0 aliphatic heterocycles. The van der Waals surface area contributed by atoms with Crippen LogP contribution in [0, 0.1) is 11.3 Å². The third-order valence-corrected chi connectivity index (χ3v) is 6.71. The Balaban J connectivity index is 1.34. The molecular weight excluding hydrogens is 500 g/mol. The molecule has 7 nitrogen and oxygen atoms in total. The average molecular weight is 531 g/mol. The van der Waals surface area contributed by atoms with Gasteiger partial charge in [0.15, 0.2) is 11.5 Å². The van der Waals surface area contributed by atoms with Crippen LogP contribution in [0.15, 0.2) is 103 Å². The van der Waals surface area contributed by atoms with Crippen molar-refractivity contribution in [2.45, 2.75) is 19.1 Å². The van der Waals surface area contributed by atoms with E-state index in [0.717, 1.165) is 33.3 Å². The number of nitrogens with zero attached hydrogens (tertiary/aromatic N) is 1. The molecular formula is C33H30N4O3. The first-order chi connectivity index (χ1) is 19.6. The Labute approximate surface area is 233 Å². The number of ether oxygens (including phenoxy) is 2. The summed E-state index contributed by atoms with van der Waals surface area (Å²) in [6.45, 7) is 0.874. The topological polar surface area (TPSA) is 99.2 Å². The number of nitriles is 1. The van der Waals surface area contributed by atoms with Gasteiger partial charge in [-0.25, -0.2) is 0 Å². The molecule has 4 aromatic carbocycles. The quantitative estimate of drug-likeness (QED) is 0.191. The number of carbonyl (C=O) groups excluding carboxylic acids is 1. The molecule has 3 N–H and O–H groups in total. The van der Waals surface area contributed by atoms with Crippen LogP contribution in [0.1, 0.15) is 28.3 Å². The Hall–Kier alpha value is -5.22. The van der Waals surface area contributed by atoms with Gasteiger partial charge >= 0.3 is 0 Å². The number of aromatic amines is 1. The normalized spacial score (nSPS) is 11.4. The van der Waals surface area contributed by atoms with Crippen molar-refractivity contribution in [3.8, 4) is 17.6 Å². The van der Waals surface area contributed by atoms with Gasteiger partial charge < -0.3 is 25.1 Å². The molecule has 0 aliphatic rings. The number of H-pyrrole nitrogens is 1. The highest BCUT2D eigenvalue weighted by atomic mass is 16.5. The number of para-hydroxylation sites is 1. The van der Waals surface area contributed by atoms with Crippen molar-refractivity contribution in [1.82, 2.24) is 10.3 Å². The van der Waals surface area contributed by atoms with Gasteiger partial charge in [-0.05, 0) is 65.6 Å². The first kappa shape index (κ1) is 26.4. The van der Waals surface area contributed by atoms with Crippen LogP contribution in [0.2, 0.25) is 0 Å². The number of nitrogens with one attached hydrogen (secondary N) is 3. The highest BCUT2D eigenvalue weighted by Crippen LogP contribution is 2.32. The summed E-state index contributed by atoms with van der Waals surface area (Å²) >= 11 is 0. The van der Waals surface area contributed by atoms with Crippen LogP contribution in [-0.4, -0.2) is 24.5 Å². The molecule has 0 bridgehead atoms. The molecule has 40 heavy (non-hydrogen) atoms. The number of hydrogen-bond acceptors (Lipinski definition) is 5. The summed E-state index contributed by atoms with van der Waals surface area (Å²) in [5, 5.41) is 16.7. The lowest BCUT2D eigenvalue weighted by atomic mass is 10.0. The maximum absolute atomic E-state index is 13.6. The molecule has 0 saturated carbocycles. The van der Waals surface area contributed by atoms with Crippen LogP contribution >= 0.6 is 0 Å². The zero-order valence-electron chi connectivity index (χ0n) is 22.2. The predicted octanol–water partition coefficient (Wildman–Crippen LogP) is 6.14. The Morgan fingerprint density at radius 2 is 1.73 bits per heavy atom. The smallest absolute Gasteiger partial charge is 0.247 e. The second-order valence-electron chi connectivity index (χ2n) is 9.35. The monoisotopic (exact) mass is 530 g/mol.